The van der Waals surface area contributed by atoms with E-state index in [1.54, 1.807) is 24.3 Å². The smallest absolute Gasteiger partial charge is 0.191 e. The zero-order valence-corrected chi connectivity index (χ0v) is 12.4. The fraction of sp³-hybridized carbons (Fsp3) is 0.0769. The summed E-state index contributed by atoms with van der Waals surface area (Å²) in [5.74, 6) is 0.406. The molecule has 2 aromatic rings. The molecular weight excluding hydrogens is 330 g/mol. The van der Waals surface area contributed by atoms with Crippen molar-refractivity contribution in [3.8, 4) is 16.9 Å². The Morgan fingerprint density at radius 1 is 0.789 bits per heavy atom. The second-order valence-corrected chi connectivity index (χ2v) is 5.71. The van der Waals surface area contributed by atoms with Crippen LogP contribution in [0.4, 0.5) is 0 Å². The van der Waals surface area contributed by atoms with Gasteiger partial charge in [0.2, 0.25) is 0 Å². The third-order valence-corrected chi connectivity index (χ3v) is 3.86. The summed E-state index contributed by atoms with van der Waals surface area (Å²) in [7, 11) is 0. The van der Waals surface area contributed by atoms with Crippen LogP contribution in [0.15, 0.2) is 24.3 Å². The first kappa shape index (κ1) is 13.3. The number of hydrogen-bond acceptors (Lipinski definition) is 2. The van der Waals surface area contributed by atoms with Gasteiger partial charge in [0, 0.05) is 26.2 Å². The number of hydrogen-bond donors (Lipinski definition) is 0. The molecule has 2 aromatic carbocycles. The van der Waals surface area contributed by atoms with Gasteiger partial charge in [-0.2, -0.15) is 4.89 Å². The van der Waals surface area contributed by atoms with Gasteiger partial charge in [-0.05, 0) is 29.8 Å². The topological polar surface area (TPSA) is 18.5 Å². The van der Waals surface area contributed by atoms with Gasteiger partial charge in [0.25, 0.3) is 0 Å². The molecule has 2 nitrogen and oxygen atoms in total. The van der Waals surface area contributed by atoms with E-state index in [9.17, 15) is 0 Å². The van der Waals surface area contributed by atoms with Crippen molar-refractivity contribution in [2.45, 2.75) is 6.61 Å². The second-order valence-electron chi connectivity index (χ2n) is 4.02. The van der Waals surface area contributed by atoms with E-state index in [1.165, 1.54) is 0 Å². The van der Waals surface area contributed by atoms with E-state index < -0.39 is 0 Å². The predicted octanol–water partition coefficient (Wildman–Crippen LogP) is 5.79. The average molecular weight is 336 g/mol. The highest BCUT2D eigenvalue weighted by Crippen LogP contribution is 2.44. The summed E-state index contributed by atoms with van der Waals surface area (Å²) in [5, 5.41) is 1.89. The van der Waals surface area contributed by atoms with E-state index in [0.717, 1.165) is 11.1 Å². The van der Waals surface area contributed by atoms with Crippen LogP contribution in [-0.4, -0.2) is 0 Å². The first-order valence-electron chi connectivity index (χ1n) is 5.33. The fourth-order valence-corrected chi connectivity index (χ4v) is 3.06. The lowest BCUT2D eigenvalue weighted by Gasteiger charge is -2.10. The largest absolute Gasteiger partial charge is 0.335 e. The van der Waals surface area contributed by atoms with Crippen LogP contribution < -0.4 is 4.89 Å². The molecule has 0 radical (unpaired) electrons. The molecule has 0 spiro atoms. The van der Waals surface area contributed by atoms with Crippen LogP contribution in [0.2, 0.25) is 20.1 Å². The van der Waals surface area contributed by atoms with Gasteiger partial charge in [-0.1, -0.05) is 46.4 Å². The Labute approximate surface area is 129 Å². The van der Waals surface area contributed by atoms with Gasteiger partial charge >= 0.3 is 0 Å². The highest BCUT2D eigenvalue weighted by atomic mass is 35.5. The van der Waals surface area contributed by atoms with Gasteiger partial charge in [0.15, 0.2) is 5.75 Å². The highest BCUT2D eigenvalue weighted by molar-refractivity contribution is 6.37. The molecule has 0 atom stereocenters. The first-order chi connectivity index (χ1) is 9.06. The Morgan fingerprint density at radius 3 is 2.16 bits per heavy atom. The Balaban J connectivity index is 2.36. The van der Waals surface area contributed by atoms with Crippen LogP contribution in [-0.2, 0) is 11.5 Å². The van der Waals surface area contributed by atoms with Crippen LogP contribution in [0.5, 0.6) is 5.75 Å². The van der Waals surface area contributed by atoms with Crippen molar-refractivity contribution in [2.75, 3.05) is 0 Å². The molecule has 1 heterocycles. The summed E-state index contributed by atoms with van der Waals surface area (Å²) in [5.41, 5.74) is 2.28. The highest BCUT2D eigenvalue weighted by Gasteiger charge is 2.22. The lowest BCUT2D eigenvalue weighted by atomic mass is 9.99. The summed E-state index contributed by atoms with van der Waals surface area (Å²) >= 11 is 24.4. The minimum absolute atomic E-state index is 0.202. The monoisotopic (exact) mass is 334 g/mol. The molecule has 0 bridgehead atoms. The van der Waals surface area contributed by atoms with Crippen LogP contribution >= 0.6 is 46.4 Å². The van der Waals surface area contributed by atoms with E-state index >= 15 is 0 Å². The van der Waals surface area contributed by atoms with E-state index in [1.807, 2.05) is 0 Å². The van der Waals surface area contributed by atoms with Crippen LogP contribution in [0, 0.1) is 0 Å². The van der Waals surface area contributed by atoms with E-state index in [0.29, 0.717) is 31.4 Å². The van der Waals surface area contributed by atoms with Gasteiger partial charge < -0.3 is 4.89 Å². The van der Waals surface area contributed by atoms with Crippen molar-refractivity contribution in [1.82, 2.24) is 0 Å². The number of benzene rings is 2. The SMILES string of the molecule is Clc1cc(Cl)c2c(c1)-c1cc(Cl)cc(Cl)c1OOC2. The third-order valence-electron chi connectivity index (χ3n) is 2.80. The van der Waals surface area contributed by atoms with Crippen molar-refractivity contribution in [1.29, 1.82) is 0 Å². The quantitative estimate of drug-likeness (QED) is 0.567. The average Bonchev–Trinajstić information content (AvgIpc) is 2.50. The Morgan fingerprint density at radius 2 is 1.42 bits per heavy atom. The van der Waals surface area contributed by atoms with Crippen LogP contribution in [0.3, 0.4) is 0 Å². The summed E-state index contributed by atoms with van der Waals surface area (Å²) in [4.78, 5) is 10.4. The van der Waals surface area contributed by atoms with Crippen molar-refractivity contribution in [3.05, 3.63) is 49.9 Å². The van der Waals surface area contributed by atoms with Crippen molar-refractivity contribution in [3.63, 3.8) is 0 Å². The predicted molar refractivity (Wildman–Crippen MR) is 77.3 cm³/mol. The summed E-state index contributed by atoms with van der Waals surface area (Å²) in [6, 6.07) is 6.76. The molecule has 1 aliphatic rings. The van der Waals surface area contributed by atoms with Crippen LogP contribution in [0.1, 0.15) is 5.56 Å². The minimum Gasteiger partial charge on any atom is -0.335 e. The first-order valence-corrected chi connectivity index (χ1v) is 6.84. The maximum atomic E-state index is 6.18. The van der Waals surface area contributed by atoms with Crippen molar-refractivity contribution >= 4 is 46.4 Å². The van der Waals surface area contributed by atoms with Crippen molar-refractivity contribution in [2.24, 2.45) is 0 Å². The van der Waals surface area contributed by atoms with Gasteiger partial charge in [-0.3, -0.25) is 0 Å². The molecule has 1 aliphatic heterocycles. The van der Waals surface area contributed by atoms with E-state index in [4.69, 9.17) is 56.2 Å². The molecule has 0 aromatic heterocycles. The summed E-state index contributed by atoms with van der Waals surface area (Å²) in [6.07, 6.45) is 0. The molecule has 0 fully saturated rings. The van der Waals surface area contributed by atoms with Gasteiger partial charge in [0.05, 0.1) is 5.02 Å². The van der Waals surface area contributed by atoms with E-state index in [-0.39, 0.29) is 6.61 Å². The molecule has 0 aliphatic carbocycles. The molecule has 0 unspecified atom stereocenters. The minimum atomic E-state index is 0.202. The molecular formula is C13H6Cl4O2. The zero-order chi connectivity index (χ0) is 13.6. The lowest BCUT2D eigenvalue weighted by Crippen LogP contribution is -1.96. The molecule has 3 rings (SSSR count). The molecule has 6 heteroatoms. The summed E-state index contributed by atoms with van der Waals surface area (Å²) in [6.45, 7) is 0.202. The third kappa shape index (κ3) is 2.39. The fourth-order valence-electron chi connectivity index (χ4n) is 1.98. The van der Waals surface area contributed by atoms with Crippen molar-refractivity contribution < 1.29 is 9.78 Å². The Hall–Kier alpha value is -0.640. The maximum absolute atomic E-state index is 6.18. The van der Waals surface area contributed by atoms with Gasteiger partial charge in [-0.25, -0.2) is 0 Å². The molecule has 0 amide bonds. The zero-order valence-electron chi connectivity index (χ0n) is 9.34. The summed E-state index contributed by atoms with van der Waals surface area (Å²) < 4.78 is 0. The van der Waals surface area contributed by atoms with Gasteiger partial charge in [-0.15, -0.1) is 0 Å². The molecule has 19 heavy (non-hydrogen) atoms. The number of halogens is 4. The second kappa shape index (κ2) is 5.04. The molecule has 0 saturated heterocycles. The van der Waals surface area contributed by atoms with Crippen LogP contribution in [0.25, 0.3) is 11.1 Å². The Bertz CT molecular complexity index is 613. The number of rotatable bonds is 0. The lowest BCUT2D eigenvalue weighted by molar-refractivity contribution is -0.215. The Kier molecular flexibility index (Phi) is 3.54. The van der Waals surface area contributed by atoms with E-state index in [2.05, 4.69) is 0 Å². The maximum Gasteiger partial charge on any atom is 0.191 e. The molecule has 0 saturated carbocycles. The standard InChI is InChI=1S/C13H6Cl4O2/c14-6-1-8-9-2-7(15)4-12(17)13(9)19-18-5-10(8)11(16)3-6/h1-4H,5H2. The molecule has 0 N–H and O–H groups in total. The normalized spacial score (nSPS) is 13.3. The van der Waals surface area contributed by atoms with Gasteiger partial charge in [0.1, 0.15) is 6.61 Å². The molecule has 98 valence electrons. The number of fused-ring (bicyclic) bond motifs is 3.